The molecule has 0 atom stereocenters. The third-order valence-electron chi connectivity index (χ3n) is 4.32. The summed E-state index contributed by atoms with van der Waals surface area (Å²) in [4.78, 5) is 14.5. The van der Waals surface area contributed by atoms with Crippen molar-refractivity contribution >= 4 is 27.6 Å². The average Bonchev–Trinajstić information content (AvgIpc) is 2.68. The molecule has 0 amide bonds. The molecule has 0 N–H and O–H groups in total. The third-order valence-corrected chi connectivity index (χ3v) is 6.36. The molecule has 10 heteroatoms. The van der Waals surface area contributed by atoms with Gasteiger partial charge in [0.15, 0.2) is 0 Å². The Morgan fingerprint density at radius 1 is 1.18 bits per heavy atom. The van der Waals surface area contributed by atoms with Crippen molar-refractivity contribution in [1.29, 1.82) is 0 Å². The molecule has 28 heavy (non-hydrogen) atoms. The minimum absolute atomic E-state index is 0.0485. The van der Waals surface area contributed by atoms with E-state index >= 15 is 0 Å². The molecule has 9 nitrogen and oxygen atoms in total. The van der Waals surface area contributed by atoms with E-state index in [4.69, 9.17) is 4.74 Å². The van der Waals surface area contributed by atoms with E-state index in [0.717, 1.165) is 18.2 Å². The maximum atomic E-state index is 12.9. The number of nitrogens with zero attached hydrogens (tertiary/aromatic N) is 3. The Morgan fingerprint density at radius 3 is 2.57 bits per heavy atom. The number of sulfonamides is 1. The number of aryl methyl sites for hydroxylation is 1. The van der Waals surface area contributed by atoms with Crippen LogP contribution in [0.2, 0.25) is 0 Å². The Labute approximate surface area is 162 Å². The fraction of sp³-hybridized carbons (Fsp3) is 0.278. The van der Waals surface area contributed by atoms with Crippen LogP contribution in [0.1, 0.15) is 11.1 Å². The molecule has 0 bridgehead atoms. The lowest BCUT2D eigenvalue weighted by Gasteiger charge is -2.26. The molecule has 0 spiro atoms. The van der Waals surface area contributed by atoms with Crippen LogP contribution in [0.4, 0.5) is 11.4 Å². The highest BCUT2D eigenvalue weighted by molar-refractivity contribution is 7.89. The number of nitro groups is 1. The van der Waals surface area contributed by atoms with Gasteiger partial charge in [-0.3, -0.25) is 15.1 Å². The van der Waals surface area contributed by atoms with Crippen molar-refractivity contribution in [1.82, 2.24) is 4.31 Å². The van der Waals surface area contributed by atoms with E-state index in [1.54, 1.807) is 19.1 Å². The summed E-state index contributed by atoms with van der Waals surface area (Å²) in [6.07, 6.45) is 1.20. The summed E-state index contributed by atoms with van der Waals surface area (Å²) >= 11 is 0. The molecule has 1 heterocycles. The molecule has 0 aromatic heterocycles. The van der Waals surface area contributed by atoms with Gasteiger partial charge < -0.3 is 9.84 Å². The lowest BCUT2D eigenvalue weighted by atomic mass is 10.2. The quantitative estimate of drug-likeness (QED) is 0.425. The van der Waals surface area contributed by atoms with Gasteiger partial charge in [-0.05, 0) is 30.2 Å². The van der Waals surface area contributed by atoms with Crippen LogP contribution in [0, 0.1) is 17.0 Å². The molecule has 1 saturated heterocycles. The van der Waals surface area contributed by atoms with Crippen molar-refractivity contribution in [2.24, 2.45) is 4.99 Å². The molecule has 3 rings (SSSR count). The van der Waals surface area contributed by atoms with Crippen molar-refractivity contribution in [3.05, 3.63) is 57.6 Å². The van der Waals surface area contributed by atoms with E-state index in [0.29, 0.717) is 24.5 Å². The van der Waals surface area contributed by atoms with Crippen LogP contribution in [0.3, 0.4) is 0 Å². The Morgan fingerprint density at radius 2 is 1.89 bits per heavy atom. The lowest BCUT2D eigenvalue weighted by Crippen LogP contribution is -2.40. The normalized spacial score (nSPS) is 15.8. The van der Waals surface area contributed by atoms with Crippen LogP contribution < -0.4 is 5.11 Å². The summed E-state index contributed by atoms with van der Waals surface area (Å²) in [7, 11) is -3.70. The summed E-state index contributed by atoms with van der Waals surface area (Å²) in [6.45, 7) is 2.94. The highest BCUT2D eigenvalue weighted by Crippen LogP contribution is 2.26. The maximum absolute atomic E-state index is 12.9. The highest BCUT2D eigenvalue weighted by atomic mass is 32.2. The van der Waals surface area contributed by atoms with Crippen LogP contribution in [0.5, 0.6) is 5.75 Å². The van der Waals surface area contributed by atoms with Gasteiger partial charge >= 0.3 is 0 Å². The summed E-state index contributed by atoms with van der Waals surface area (Å²) in [5, 5.41) is 22.7. The Balaban J connectivity index is 1.93. The smallest absolute Gasteiger partial charge is 0.270 e. The summed E-state index contributed by atoms with van der Waals surface area (Å²) in [6, 6.07) is 8.03. The van der Waals surface area contributed by atoms with Crippen LogP contribution in [0.15, 0.2) is 46.3 Å². The highest BCUT2D eigenvalue weighted by Gasteiger charge is 2.27. The maximum Gasteiger partial charge on any atom is 0.270 e. The van der Waals surface area contributed by atoms with Gasteiger partial charge in [0, 0.05) is 31.4 Å². The van der Waals surface area contributed by atoms with Gasteiger partial charge in [-0.15, -0.1) is 0 Å². The first kappa shape index (κ1) is 19.9. The number of benzene rings is 2. The number of nitro benzene ring substituents is 1. The zero-order valence-corrected chi connectivity index (χ0v) is 15.9. The van der Waals surface area contributed by atoms with Crippen molar-refractivity contribution < 1.29 is 23.2 Å². The standard InChI is InChI=1S/C18H19N3O6S/c1-13-2-3-15(11-18(13)28(25,26)20-6-8-27-9-7-20)19-12-14-10-16(21(23)24)4-5-17(14)22/h2-5,10-12,22H,6-9H2,1H3/p-1. The molecule has 1 aliphatic heterocycles. The predicted molar refractivity (Wildman–Crippen MR) is 101 cm³/mol. The van der Waals surface area contributed by atoms with Crippen molar-refractivity contribution in [3.8, 4) is 5.75 Å². The van der Waals surface area contributed by atoms with E-state index in [1.807, 2.05) is 0 Å². The fourth-order valence-electron chi connectivity index (χ4n) is 2.77. The summed E-state index contributed by atoms with van der Waals surface area (Å²) in [5.41, 5.74) is 0.724. The lowest BCUT2D eigenvalue weighted by molar-refractivity contribution is -0.385. The first-order valence-corrected chi connectivity index (χ1v) is 9.91. The molecule has 1 aliphatic rings. The summed E-state index contributed by atoms with van der Waals surface area (Å²) in [5.74, 6) is -0.414. The second-order valence-corrected chi connectivity index (χ2v) is 8.11. The van der Waals surface area contributed by atoms with E-state index in [-0.39, 0.29) is 29.2 Å². The number of ether oxygens (including phenoxy) is 1. The molecular formula is C18H18N3O6S-. The topological polar surface area (TPSA) is 125 Å². The van der Waals surface area contributed by atoms with Gasteiger partial charge in [-0.25, -0.2) is 8.42 Å². The fourth-order valence-corrected chi connectivity index (χ4v) is 4.42. The van der Waals surface area contributed by atoms with E-state index in [2.05, 4.69) is 4.99 Å². The largest absolute Gasteiger partial charge is 0.872 e. The summed E-state index contributed by atoms with van der Waals surface area (Å²) < 4.78 is 32.4. The molecular weight excluding hydrogens is 386 g/mol. The predicted octanol–water partition coefficient (Wildman–Crippen LogP) is 1.75. The molecule has 0 aliphatic carbocycles. The monoisotopic (exact) mass is 404 g/mol. The molecule has 0 unspecified atom stereocenters. The molecule has 1 fully saturated rings. The second-order valence-electron chi connectivity index (χ2n) is 6.20. The minimum atomic E-state index is -3.70. The molecule has 2 aromatic carbocycles. The molecule has 0 radical (unpaired) electrons. The van der Waals surface area contributed by atoms with Gasteiger partial charge in [-0.1, -0.05) is 17.9 Å². The van der Waals surface area contributed by atoms with Crippen LogP contribution in [-0.4, -0.2) is 50.2 Å². The van der Waals surface area contributed by atoms with Crippen molar-refractivity contribution in [3.63, 3.8) is 0 Å². The number of hydrogen-bond acceptors (Lipinski definition) is 7. The third kappa shape index (κ3) is 4.19. The van der Waals surface area contributed by atoms with Gasteiger partial charge in [0.1, 0.15) is 0 Å². The SMILES string of the molecule is Cc1ccc(N=Cc2cc([N+](=O)[O-])ccc2[O-])cc1S(=O)(=O)N1CCOCC1. The Hall–Kier alpha value is -2.82. The van der Waals surface area contributed by atoms with Gasteiger partial charge in [-0.2, -0.15) is 4.31 Å². The Kier molecular flexibility index (Phi) is 5.73. The van der Waals surface area contributed by atoms with Gasteiger partial charge in [0.25, 0.3) is 5.69 Å². The van der Waals surface area contributed by atoms with Gasteiger partial charge in [0.2, 0.25) is 10.0 Å². The Bertz CT molecular complexity index is 1030. The zero-order chi connectivity index (χ0) is 20.3. The molecule has 2 aromatic rings. The van der Waals surface area contributed by atoms with Crippen molar-refractivity contribution in [2.45, 2.75) is 11.8 Å². The number of hydrogen-bond donors (Lipinski definition) is 0. The molecule has 148 valence electrons. The minimum Gasteiger partial charge on any atom is -0.872 e. The molecule has 0 saturated carbocycles. The zero-order valence-electron chi connectivity index (χ0n) is 15.1. The first-order chi connectivity index (χ1) is 13.3. The van der Waals surface area contributed by atoms with Crippen LogP contribution in [-0.2, 0) is 14.8 Å². The number of aliphatic imine (C=N–C) groups is 1. The van der Waals surface area contributed by atoms with Crippen LogP contribution in [0.25, 0.3) is 0 Å². The van der Waals surface area contributed by atoms with E-state index < -0.39 is 20.7 Å². The first-order valence-electron chi connectivity index (χ1n) is 8.47. The number of morpholine rings is 1. The number of rotatable bonds is 5. The van der Waals surface area contributed by atoms with E-state index in [9.17, 15) is 23.6 Å². The average molecular weight is 404 g/mol. The second kappa shape index (κ2) is 8.05. The number of non-ortho nitro benzene ring substituents is 1. The van der Waals surface area contributed by atoms with Crippen molar-refractivity contribution in [2.75, 3.05) is 26.3 Å². The van der Waals surface area contributed by atoms with E-state index in [1.165, 1.54) is 16.6 Å². The van der Waals surface area contributed by atoms with Crippen LogP contribution >= 0.6 is 0 Å². The van der Waals surface area contributed by atoms with Gasteiger partial charge in [0.05, 0.1) is 28.7 Å².